The van der Waals surface area contributed by atoms with Gasteiger partial charge in [0.05, 0.1) is 27.8 Å². The Morgan fingerprint density at radius 3 is 2.17 bits per heavy atom. The first-order valence-electron chi connectivity index (χ1n) is 18.2. The summed E-state index contributed by atoms with van der Waals surface area (Å²) in [4.78, 5) is 4.83. The van der Waals surface area contributed by atoms with Crippen molar-refractivity contribution in [2.45, 2.75) is 12.7 Å². The van der Waals surface area contributed by atoms with Gasteiger partial charge in [0, 0.05) is 45.4 Å². The van der Waals surface area contributed by atoms with E-state index in [0.717, 1.165) is 22.5 Å². The predicted molar refractivity (Wildman–Crippen MR) is 223 cm³/mol. The standard InChI is InChI=1S/C49H34N4/c1-31-18-25-47(51-30-42-48-33(26-27-50-42)11-9-16-37(31)48)53-43-17-8-7-15-39(43)40-28-34(20-22-44(40)53)35-21-23-45-41(29-35)49-38-14-6-5-10-32(38)19-24-46(49)52(45)36-12-3-2-4-13-36/h2-29,47,51H,1,30H2/b25-18-. The van der Waals surface area contributed by atoms with Gasteiger partial charge in [0.1, 0.15) is 6.17 Å². The molecule has 3 aromatic heterocycles. The third-order valence-corrected chi connectivity index (χ3v) is 11.2. The third kappa shape index (κ3) is 4.56. The zero-order valence-corrected chi connectivity index (χ0v) is 29.0. The van der Waals surface area contributed by atoms with Crippen molar-refractivity contribution in [2.75, 3.05) is 0 Å². The van der Waals surface area contributed by atoms with Crippen molar-refractivity contribution in [3.05, 3.63) is 188 Å². The lowest BCUT2D eigenvalue weighted by atomic mass is 9.98. The highest BCUT2D eigenvalue weighted by molar-refractivity contribution is 6.22. The van der Waals surface area contributed by atoms with Gasteiger partial charge in [-0.1, -0.05) is 110 Å². The maximum atomic E-state index is 4.83. The highest BCUT2D eigenvalue weighted by atomic mass is 15.2. The molecule has 0 spiro atoms. The summed E-state index contributed by atoms with van der Waals surface area (Å²) in [5.41, 5.74) is 11.5. The maximum absolute atomic E-state index is 4.83. The van der Waals surface area contributed by atoms with E-state index >= 15 is 0 Å². The Kier molecular flexibility index (Phi) is 6.57. The summed E-state index contributed by atoms with van der Waals surface area (Å²) >= 11 is 0. The monoisotopic (exact) mass is 678 g/mol. The molecule has 11 rings (SSSR count). The van der Waals surface area contributed by atoms with E-state index in [1.165, 1.54) is 76.3 Å². The lowest BCUT2D eigenvalue weighted by Gasteiger charge is -2.20. The second-order valence-electron chi connectivity index (χ2n) is 14.1. The summed E-state index contributed by atoms with van der Waals surface area (Å²) < 4.78 is 4.83. The van der Waals surface area contributed by atoms with E-state index in [1.54, 1.807) is 0 Å². The first-order chi connectivity index (χ1) is 26.2. The first-order valence-corrected chi connectivity index (χ1v) is 18.2. The van der Waals surface area contributed by atoms with Gasteiger partial charge in [0.15, 0.2) is 0 Å². The zero-order valence-electron chi connectivity index (χ0n) is 29.0. The molecular formula is C49H34N4. The highest BCUT2D eigenvalue weighted by Gasteiger charge is 2.21. The van der Waals surface area contributed by atoms with Crippen molar-refractivity contribution in [1.29, 1.82) is 0 Å². The molecule has 1 aliphatic heterocycles. The lowest BCUT2D eigenvalue weighted by molar-refractivity contribution is 0.501. The van der Waals surface area contributed by atoms with Gasteiger partial charge in [-0.25, -0.2) is 0 Å². The lowest BCUT2D eigenvalue weighted by Crippen LogP contribution is -2.25. The van der Waals surface area contributed by atoms with Crippen molar-refractivity contribution in [3.63, 3.8) is 0 Å². The van der Waals surface area contributed by atoms with Gasteiger partial charge in [-0.3, -0.25) is 10.3 Å². The molecule has 0 saturated carbocycles. The third-order valence-electron chi connectivity index (χ3n) is 11.2. The van der Waals surface area contributed by atoms with Crippen LogP contribution in [0.5, 0.6) is 0 Å². The Hall–Kier alpha value is -6.75. The van der Waals surface area contributed by atoms with E-state index in [9.17, 15) is 0 Å². The van der Waals surface area contributed by atoms with E-state index in [1.807, 2.05) is 6.20 Å². The molecule has 0 saturated heterocycles. The molecule has 0 bridgehead atoms. The van der Waals surface area contributed by atoms with Gasteiger partial charge in [-0.15, -0.1) is 0 Å². The van der Waals surface area contributed by atoms with E-state index in [2.05, 4.69) is 185 Å². The molecule has 0 radical (unpaired) electrons. The van der Waals surface area contributed by atoms with E-state index < -0.39 is 0 Å². The van der Waals surface area contributed by atoms with Crippen LogP contribution in [-0.2, 0) is 6.54 Å². The fourth-order valence-electron chi connectivity index (χ4n) is 8.76. The Labute approximate surface area is 306 Å². The molecule has 1 atom stereocenters. The second kappa shape index (κ2) is 11.6. The minimum Gasteiger partial charge on any atom is -0.321 e. The summed E-state index contributed by atoms with van der Waals surface area (Å²) in [5.74, 6) is 0. The zero-order chi connectivity index (χ0) is 35.0. The number of hydrogen-bond acceptors (Lipinski definition) is 2. The van der Waals surface area contributed by atoms with Gasteiger partial charge in [0.25, 0.3) is 0 Å². The SMILES string of the molecule is C=C1/C=C\C(n2c3ccccc3c3cc(-c4ccc5c(c4)c4c6ccccc6ccc4n5-c4ccccc4)ccc32)NCc2nccc3cccc1c23. The number of nitrogens with one attached hydrogen (secondary N) is 1. The molecule has 4 heteroatoms. The van der Waals surface area contributed by atoms with Crippen molar-refractivity contribution in [2.24, 2.45) is 0 Å². The van der Waals surface area contributed by atoms with Gasteiger partial charge in [-0.2, -0.15) is 0 Å². The average Bonchev–Trinajstić information content (AvgIpc) is 3.74. The second-order valence-corrected chi connectivity index (χ2v) is 14.1. The molecule has 4 heterocycles. The Morgan fingerprint density at radius 2 is 1.28 bits per heavy atom. The summed E-state index contributed by atoms with van der Waals surface area (Å²) in [7, 11) is 0. The molecule has 0 aliphatic carbocycles. The van der Waals surface area contributed by atoms with Crippen LogP contribution in [0.4, 0.5) is 0 Å². The molecule has 0 fully saturated rings. The first kappa shape index (κ1) is 29.9. The molecule has 4 nitrogen and oxygen atoms in total. The number of allylic oxidation sites excluding steroid dienone is 2. The largest absolute Gasteiger partial charge is 0.321 e. The summed E-state index contributed by atoms with van der Waals surface area (Å²) in [6.07, 6.45) is 6.20. The Morgan fingerprint density at radius 1 is 0.566 bits per heavy atom. The molecule has 10 aromatic rings. The number of fused-ring (bicyclic) bond motifs is 8. The van der Waals surface area contributed by atoms with Crippen LogP contribution in [0, 0.1) is 0 Å². The number of aromatic nitrogens is 3. The fourth-order valence-corrected chi connectivity index (χ4v) is 8.76. The number of pyridine rings is 1. The highest BCUT2D eigenvalue weighted by Crippen LogP contribution is 2.41. The molecule has 53 heavy (non-hydrogen) atoms. The van der Waals surface area contributed by atoms with Crippen LogP contribution in [-0.4, -0.2) is 14.1 Å². The van der Waals surface area contributed by atoms with E-state index in [0.29, 0.717) is 6.54 Å². The smallest absolute Gasteiger partial charge is 0.104 e. The molecular weight excluding hydrogens is 645 g/mol. The molecule has 7 aromatic carbocycles. The van der Waals surface area contributed by atoms with Crippen molar-refractivity contribution >= 4 is 70.7 Å². The van der Waals surface area contributed by atoms with Gasteiger partial charge in [0.2, 0.25) is 0 Å². The molecule has 1 N–H and O–H groups in total. The molecule has 1 aliphatic rings. The fraction of sp³-hybridized carbons (Fsp3) is 0.0408. The van der Waals surface area contributed by atoms with Crippen molar-refractivity contribution in [1.82, 2.24) is 19.4 Å². The van der Waals surface area contributed by atoms with Crippen LogP contribution < -0.4 is 5.32 Å². The minimum atomic E-state index is -0.111. The molecule has 1 unspecified atom stereocenters. The van der Waals surface area contributed by atoms with Crippen molar-refractivity contribution < 1.29 is 0 Å². The number of benzene rings is 7. The topological polar surface area (TPSA) is 34.8 Å². The maximum Gasteiger partial charge on any atom is 0.104 e. The number of para-hydroxylation sites is 2. The summed E-state index contributed by atoms with van der Waals surface area (Å²) in [5, 5.41) is 13.7. The summed E-state index contributed by atoms with van der Waals surface area (Å²) in [6.45, 7) is 5.12. The normalized spacial score (nSPS) is 15.4. The van der Waals surface area contributed by atoms with Crippen LogP contribution in [0.2, 0.25) is 0 Å². The van der Waals surface area contributed by atoms with Crippen LogP contribution in [0.15, 0.2) is 177 Å². The average molecular weight is 679 g/mol. The quantitative estimate of drug-likeness (QED) is 0.202. The predicted octanol–water partition coefficient (Wildman–Crippen LogP) is 12.1. The van der Waals surface area contributed by atoms with Gasteiger partial charge in [-0.05, 0) is 99.1 Å². The van der Waals surface area contributed by atoms with Crippen LogP contribution in [0.25, 0.3) is 87.5 Å². The molecule has 0 amide bonds. The van der Waals surface area contributed by atoms with E-state index in [-0.39, 0.29) is 6.17 Å². The van der Waals surface area contributed by atoms with Gasteiger partial charge >= 0.3 is 0 Å². The Bertz CT molecular complexity index is 3140. The molecule has 250 valence electrons. The van der Waals surface area contributed by atoms with E-state index in [4.69, 9.17) is 4.98 Å². The van der Waals surface area contributed by atoms with Crippen LogP contribution >= 0.6 is 0 Å². The Balaban J connectivity index is 1.08. The minimum absolute atomic E-state index is 0.111. The number of rotatable bonds is 3. The summed E-state index contributed by atoms with van der Waals surface area (Å²) in [6, 6.07) is 55.1. The number of hydrogen-bond donors (Lipinski definition) is 1. The van der Waals surface area contributed by atoms with Crippen LogP contribution in [0.1, 0.15) is 17.4 Å². The number of nitrogens with zero attached hydrogens (tertiary/aromatic N) is 3. The van der Waals surface area contributed by atoms with Gasteiger partial charge < -0.3 is 9.13 Å². The van der Waals surface area contributed by atoms with Crippen LogP contribution in [0.3, 0.4) is 0 Å². The van der Waals surface area contributed by atoms with Crippen molar-refractivity contribution in [3.8, 4) is 16.8 Å².